The molecule has 2 aliphatic rings. The molecule has 2 aliphatic heterocycles. The van der Waals surface area contributed by atoms with Crippen molar-refractivity contribution in [3.63, 3.8) is 0 Å². The highest BCUT2D eigenvalue weighted by atomic mass is 16.5. The van der Waals surface area contributed by atoms with Crippen molar-refractivity contribution in [3.05, 3.63) is 65.7 Å². The van der Waals surface area contributed by atoms with Gasteiger partial charge in [0.1, 0.15) is 18.4 Å². The highest BCUT2D eigenvalue weighted by Gasteiger charge is 2.42. The van der Waals surface area contributed by atoms with Crippen molar-refractivity contribution in [2.24, 2.45) is 11.8 Å². The molecule has 0 radical (unpaired) electrons. The lowest BCUT2D eigenvalue weighted by atomic mass is 9.97. The number of carbonyl (C=O) groups is 4. The number of ether oxygens (including phenoxy) is 4. The Morgan fingerprint density at radius 1 is 0.790 bits per heavy atom. The van der Waals surface area contributed by atoms with Crippen LogP contribution in [0.1, 0.15) is 45.2 Å². The number of urea groups is 2. The molecule has 18 heteroatoms. The topological polar surface area (TPSA) is 207 Å². The first-order chi connectivity index (χ1) is 29.9. The molecule has 2 aromatic rings. The van der Waals surface area contributed by atoms with E-state index >= 15 is 0 Å². The number of carbonyl (C=O) groups excluding carboxylic acids is 4. The maximum Gasteiger partial charge on any atom is 0.317 e. The highest BCUT2D eigenvalue weighted by Crippen LogP contribution is 2.18. The monoisotopic (exact) mass is 870 g/mol. The number of rotatable bonds is 25. The number of nitrogens with one attached hydrogen (secondary N) is 6. The first kappa shape index (κ1) is 50.1. The molecule has 6 amide bonds. The number of nitrogens with zero attached hydrogens (tertiary/aromatic N) is 3. The number of hydrogen-bond acceptors (Lipinski definition) is 12. The van der Waals surface area contributed by atoms with Crippen LogP contribution in [0.25, 0.3) is 0 Å². The van der Waals surface area contributed by atoms with Crippen LogP contribution in [0.4, 0.5) is 9.59 Å². The molecule has 3 atom stereocenters. The van der Waals surface area contributed by atoms with E-state index in [1.165, 1.54) is 0 Å². The van der Waals surface area contributed by atoms with Gasteiger partial charge in [-0.1, -0.05) is 70.2 Å². The molecule has 4 rings (SSSR count). The Hall–Kier alpha value is -4.56. The zero-order valence-corrected chi connectivity index (χ0v) is 37.3. The quantitative estimate of drug-likeness (QED) is 0.0429. The van der Waals surface area contributed by atoms with Crippen molar-refractivity contribution in [2.75, 3.05) is 106 Å². The Kier molecular flexibility index (Phi) is 21.7. The molecule has 2 aromatic carbocycles. The molecular formula is C44H71N9O9. The number of aryl methyl sites for hydroxylation is 1. The van der Waals surface area contributed by atoms with Crippen LogP contribution in [0, 0.1) is 11.8 Å². The average molecular weight is 870 g/mol. The zero-order chi connectivity index (χ0) is 44.7. The maximum atomic E-state index is 14.2. The molecule has 0 unspecified atom stereocenters. The fraction of sp³-hybridized carbons (Fsp3) is 0.636. The molecule has 2 saturated heterocycles. The van der Waals surface area contributed by atoms with Crippen molar-refractivity contribution in [3.8, 4) is 5.75 Å². The average Bonchev–Trinajstić information content (AvgIpc) is 3.26. The van der Waals surface area contributed by atoms with E-state index in [2.05, 4.69) is 41.8 Å². The second kappa shape index (κ2) is 26.8. The normalized spacial score (nSPS) is 16.9. The van der Waals surface area contributed by atoms with Crippen molar-refractivity contribution in [1.29, 1.82) is 0 Å². The predicted molar refractivity (Wildman–Crippen MR) is 235 cm³/mol. The molecule has 346 valence electrons. The predicted octanol–water partition coefficient (Wildman–Crippen LogP) is 1.29. The summed E-state index contributed by atoms with van der Waals surface area (Å²) in [7, 11) is 1.61. The van der Waals surface area contributed by atoms with Crippen LogP contribution in [0.15, 0.2) is 54.6 Å². The number of hydrazine groups is 1. The second-order valence-electron chi connectivity index (χ2n) is 16.4. The fourth-order valence-corrected chi connectivity index (χ4v) is 7.00. The van der Waals surface area contributed by atoms with Crippen molar-refractivity contribution in [2.45, 2.75) is 64.9 Å². The van der Waals surface area contributed by atoms with Crippen LogP contribution in [0.2, 0.25) is 0 Å². The molecular weight excluding hydrogens is 799 g/mol. The highest BCUT2D eigenvalue weighted by molar-refractivity contribution is 5.90. The van der Waals surface area contributed by atoms with E-state index in [1.54, 1.807) is 26.0 Å². The number of aliphatic hydroxyl groups is 1. The van der Waals surface area contributed by atoms with E-state index in [9.17, 15) is 24.3 Å². The van der Waals surface area contributed by atoms with Gasteiger partial charge in [0, 0.05) is 84.5 Å². The van der Waals surface area contributed by atoms with Gasteiger partial charge in [0.2, 0.25) is 5.72 Å². The standard InChI is InChI=1S/C44H71N9O9/c1-33(2)39(48-42(56)45-17-19-51-21-25-60-26-22-51)40(54)50-53(31-36-12-15-38(16-13-36)62-30-29-59-5)32-37(14-11-35-9-7-6-8-10-35)47-41(55)44(58,34(3)4)49-43(57)46-18-20-52-23-27-61-28-24-52/h6-10,12-13,15-16,33-34,37,39,58H,11,14,17-32H2,1-5H3,(H,47,55)(H,50,54)(H2,45,48,56)(H2,46,49,57)/t37-,39-,44+/m0/s1. The minimum Gasteiger partial charge on any atom is -0.491 e. The summed E-state index contributed by atoms with van der Waals surface area (Å²) in [5.74, 6) is -1.55. The molecule has 0 spiro atoms. The summed E-state index contributed by atoms with van der Waals surface area (Å²) in [5.41, 5.74) is 2.65. The Morgan fingerprint density at radius 3 is 1.95 bits per heavy atom. The molecule has 0 aliphatic carbocycles. The lowest BCUT2D eigenvalue weighted by Gasteiger charge is -2.35. The van der Waals surface area contributed by atoms with Gasteiger partial charge in [-0.2, -0.15) is 0 Å². The summed E-state index contributed by atoms with van der Waals surface area (Å²) in [4.78, 5) is 58.9. The van der Waals surface area contributed by atoms with E-state index < -0.39 is 47.6 Å². The van der Waals surface area contributed by atoms with E-state index in [0.717, 1.165) is 37.3 Å². The number of hydrogen-bond donors (Lipinski definition) is 7. The molecule has 0 bridgehead atoms. The third-order valence-electron chi connectivity index (χ3n) is 10.9. The van der Waals surface area contributed by atoms with Crippen LogP contribution >= 0.6 is 0 Å². The van der Waals surface area contributed by atoms with Crippen LogP contribution in [0.3, 0.4) is 0 Å². The smallest absolute Gasteiger partial charge is 0.317 e. The summed E-state index contributed by atoms with van der Waals surface area (Å²) in [6.07, 6.45) is 0.989. The maximum absolute atomic E-state index is 14.2. The molecule has 62 heavy (non-hydrogen) atoms. The Balaban J connectivity index is 1.52. The van der Waals surface area contributed by atoms with Crippen LogP contribution < -0.4 is 36.7 Å². The zero-order valence-electron chi connectivity index (χ0n) is 37.3. The summed E-state index contributed by atoms with van der Waals surface area (Å²) >= 11 is 0. The molecule has 0 aromatic heterocycles. The first-order valence-corrected chi connectivity index (χ1v) is 21.9. The van der Waals surface area contributed by atoms with E-state index in [4.69, 9.17) is 18.9 Å². The van der Waals surface area contributed by atoms with Crippen molar-refractivity contribution in [1.82, 2.24) is 46.8 Å². The van der Waals surface area contributed by atoms with Gasteiger partial charge in [0.05, 0.1) is 33.0 Å². The van der Waals surface area contributed by atoms with Crippen LogP contribution in [-0.2, 0) is 36.8 Å². The number of morpholine rings is 2. The van der Waals surface area contributed by atoms with Gasteiger partial charge in [0.25, 0.3) is 11.8 Å². The van der Waals surface area contributed by atoms with Gasteiger partial charge in [-0.25, -0.2) is 14.6 Å². The third kappa shape index (κ3) is 17.7. The van der Waals surface area contributed by atoms with Crippen molar-refractivity contribution < 1.29 is 43.2 Å². The minimum atomic E-state index is -2.26. The summed E-state index contributed by atoms with van der Waals surface area (Å²) < 4.78 is 21.7. The molecule has 0 saturated carbocycles. The van der Waals surface area contributed by atoms with Gasteiger partial charge in [-0.05, 0) is 42.0 Å². The number of benzene rings is 2. The van der Waals surface area contributed by atoms with Gasteiger partial charge in [-0.15, -0.1) is 0 Å². The van der Waals surface area contributed by atoms with Gasteiger partial charge in [0.15, 0.2) is 0 Å². The minimum absolute atomic E-state index is 0.104. The molecule has 18 nitrogen and oxygen atoms in total. The van der Waals surface area contributed by atoms with Crippen LogP contribution in [0.5, 0.6) is 5.75 Å². The molecule has 2 fully saturated rings. The molecule has 2 heterocycles. The lowest BCUT2D eigenvalue weighted by molar-refractivity contribution is -0.148. The first-order valence-electron chi connectivity index (χ1n) is 21.9. The summed E-state index contributed by atoms with van der Waals surface area (Å²) in [5, 5.41) is 27.6. The Morgan fingerprint density at radius 2 is 1.39 bits per heavy atom. The Labute approximate surface area is 367 Å². The lowest BCUT2D eigenvalue weighted by Crippen LogP contribution is -2.66. The van der Waals surface area contributed by atoms with E-state index in [-0.39, 0.29) is 19.0 Å². The van der Waals surface area contributed by atoms with Crippen molar-refractivity contribution >= 4 is 23.9 Å². The van der Waals surface area contributed by atoms with Gasteiger partial charge >= 0.3 is 12.1 Å². The van der Waals surface area contributed by atoms with E-state index in [0.29, 0.717) is 84.4 Å². The summed E-state index contributed by atoms with van der Waals surface area (Å²) in [6, 6.07) is 14.6. The number of methoxy groups -OCH3 is 1. The summed E-state index contributed by atoms with van der Waals surface area (Å²) in [6.45, 7) is 15.8. The molecule has 7 N–H and O–H groups in total. The third-order valence-corrected chi connectivity index (χ3v) is 10.9. The van der Waals surface area contributed by atoms with Gasteiger partial charge in [-0.3, -0.25) is 24.8 Å². The van der Waals surface area contributed by atoms with Gasteiger partial charge < -0.3 is 50.6 Å². The largest absolute Gasteiger partial charge is 0.491 e. The number of amides is 6. The fourth-order valence-electron chi connectivity index (χ4n) is 7.00. The van der Waals surface area contributed by atoms with E-state index in [1.807, 2.05) is 68.4 Å². The van der Waals surface area contributed by atoms with Crippen LogP contribution in [-0.4, -0.2) is 167 Å². The second-order valence-corrected chi connectivity index (χ2v) is 16.4. The Bertz CT molecular complexity index is 1630. The SMILES string of the molecule is COCCOc1ccc(CN(C[C@H](CCc2ccccc2)NC(=O)[C@@](O)(NC(=O)NCCN2CCOCC2)C(C)C)NC(=O)[C@@H](NC(=O)NCCN2CCOCC2)C(C)C)cc1.